The average molecular weight is 369 g/mol. The smallest absolute Gasteiger partial charge is 0.368 e. The topological polar surface area (TPSA) is 47.9 Å². The maximum absolute atomic E-state index is 12.1. The van der Waals surface area contributed by atoms with E-state index in [1.54, 1.807) is 6.08 Å². The van der Waals surface area contributed by atoms with Gasteiger partial charge in [0.15, 0.2) is 0 Å². The zero-order valence-electron chi connectivity index (χ0n) is 15.5. The molecule has 1 heterocycles. The Kier molecular flexibility index (Phi) is 5.02. The van der Waals surface area contributed by atoms with Crippen molar-refractivity contribution in [2.75, 3.05) is 0 Å². The van der Waals surface area contributed by atoms with E-state index in [-0.39, 0.29) is 0 Å². The van der Waals surface area contributed by atoms with E-state index in [1.165, 1.54) is 5.56 Å². The average Bonchev–Trinajstić information content (AvgIpc) is 3.09. The molecular weight excluding hydrogens is 350 g/mol. The van der Waals surface area contributed by atoms with Gasteiger partial charge in [0.2, 0.25) is 0 Å². The molecule has 0 saturated carbocycles. The minimum absolute atomic E-state index is 0.444. The van der Waals surface area contributed by atoms with Gasteiger partial charge in [-0.15, -0.1) is 0 Å². The van der Waals surface area contributed by atoms with Gasteiger partial charge in [-0.3, -0.25) is 0 Å². The van der Waals surface area contributed by atoms with Crippen LogP contribution in [0.1, 0.15) is 22.3 Å². The number of oxime groups is 1. The second-order valence-corrected chi connectivity index (χ2v) is 6.59. The standard InChI is InChI=1S/C24H19NO3/c1-17-7-9-19(10-8-17)16-27-21-13-11-18(12-14-21)15-22-23(25-28-24(22)26)20-5-3-2-4-6-20/h2-15H,16H2,1H3. The highest BCUT2D eigenvalue weighted by Gasteiger charge is 2.26. The summed E-state index contributed by atoms with van der Waals surface area (Å²) in [7, 11) is 0. The van der Waals surface area contributed by atoms with Crippen LogP contribution in [-0.2, 0) is 16.2 Å². The minimum Gasteiger partial charge on any atom is -0.489 e. The van der Waals surface area contributed by atoms with E-state index in [9.17, 15) is 4.79 Å². The summed E-state index contributed by atoms with van der Waals surface area (Å²) in [6.07, 6.45) is 1.78. The number of carbonyl (C=O) groups is 1. The third-order valence-corrected chi connectivity index (χ3v) is 4.46. The molecule has 3 aromatic carbocycles. The first-order chi connectivity index (χ1) is 13.7. The van der Waals surface area contributed by atoms with Gasteiger partial charge < -0.3 is 9.57 Å². The highest BCUT2D eigenvalue weighted by atomic mass is 16.7. The second kappa shape index (κ2) is 7.92. The third kappa shape index (κ3) is 4.01. The lowest BCUT2D eigenvalue weighted by molar-refractivity contribution is -0.136. The fraction of sp³-hybridized carbons (Fsp3) is 0.0833. The van der Waals surface area contributed by atoms with Crippen LogP contribution in [0.4, 0.5) is 0 Å². The fourth-order valence-electron chi connectivity index (χ4n) is 2.89. The summed E-state index contributed by atoms with van der Waals surface area (Å²) in [6.45, 7) is 2.57. The van der Waals surface area contributed by atoms with Crippen LogP contribution in [0.3, 0.4) is 0 Å². The summed E-state index contributed by atoms with van der Waals surface area (Å²) in [5.41, 5.74) is 5.06. The van der Waals surface area contributed by atoms with Gasteiger partial charge in [0.25, 0.3) is 0 Å². The Bertz CT molecular complexity index is 1030. The maximum Gasteiger partial charge on any atom is 0.368 e. The van der Waals surface area contributed by atoms with Gasteiger partial charge in [-0.05, 0) is 36.3 Å². The van der Waals surface area contributed by atoms with Crippen LogP contribution in [-0.4, -0.2) is 11.7 Å². The first-order valence-corrected chi connectivity index (χ1v) is 9.04. The molecule has 0 radical (unpaired) electrons. The Morgan fingerprint density at radius 1 is 0.929 bits per heavy atom. The van der Waals surface area contributed by atoms with Gasteiger partial charge >= 0.3 is 5.97 Å². The molecule has 0 unspecified atom stereocenters. The Morgan fingerprint density at radius 3 is 2.36 bits per heavy atom. The molecule has 28 heavy (non-hydrogen) atoms. The largest absolute Gasteiger partial charge is 0.489 e. The monoisotopic (exact) mass is 369 g/mol. The van der Waals surface area contributed by atoms with Crippen LogP contribution < -0.4 is 4.74 Å². The molecule has 0 fully saturated rings. The summed E-state index contributed by atoms with van der Waals surface area (Å²) in [4.78, 5) is 17.0. The first-order valence-electron chi connectivity index (χ1n) is 9.04. The van der Waals surface area contributed by atoms with Crippen LogP contribution in [0.25, 0.3) is 6.08 Å². The molecule has 3 aromatic rings. The Hall–Kier alpha value is -3.66. The van der Waals surface area contributed by atoms with Crippen molar-refractivity contribution in [3.8, 4) is 5.75 Å². The SMILES string of the molecule is Cc1ccc(COc2ccc(C=C3C(=O)ON=C3c3ccccc3)cc2)cc1. The third-order valence-electron chi connectivity index (χ3n) is 4.46. The lowest BCUT2D eigenvalue weighted by Gasteiger charge is -2.07. The lowest BCUT2D eigenvalue weighted by Crippen LogP contribution is -2.06. The zero-order chi connectivity index (χ0) is 19.3. The molecule has 4 rings (SSSR count). The molecule has 0 bridgehead atoms. The quantitative estimate of drug-likeness (QED) is 0.474. The second-order valence-electron chi connectivity index (χ2n) is 6.59. The summed E-state index contributed by atoms with van der Waals surface area (Å²) in [6, 6.07) is 25.4. The molecule has 0 amide bonds. The summed E-state index contributed by atoms with van der Waals surface area (Å²) < 4.78 is 5.83. The van der Waals surface area contributed by atoms with Crippen molar-refractivity contribution in [1.82, 2.24) is 0 Å². The number of ether oxygens (including phenoxy) is 1. The molecule has 0 aromatic heterocycles. The number of hydrogen-bond donors (Lipinski definition) is 0. The van der Waals surface area contributed by atoms with Crippen molar-refractivity contribution in [2.45, 2.75) is 13.5 Å². The molecule has 1 aliphatic heterocycles. The number of rotatable bonds is 5. The van der Waals surface area contributed by atoms with E-state index in [2.05, 4.69) is 36.3 Å². The number of nitrogens with zero attached hydrogens (tertiary/aromatic N) is 1. The molecular formula is C24H19NO3. The van der Waals surface area contributed by atoms with Gasteiger partial charge in [-0.1, -0.05) is 77.4 Å². The van der Waals surface area contributed by atoms with Crippen molar-refractivity contribution in [3.63, 3.8) is 0 Å². The molecule has 0 saturated heterocycles. The molecule has 1 aliphatic rings. The normalized spacial score (nSPS) is 14.7. The van der Waals surface area contributed by atoms with E-state index in [4.69, 9.17) is 9.57 Å². The van der Waals surface area contributed by atoms with Crippen molar-refractivity contribution in [3.05, 3.63) is 107 Å². The Morgan fingerprint density at radius 2 is 1.64 bits per heavy atom. The summed E-state index contributed by atoms with van der Waals surface area (Å²) >= 11 is 0. The van der Waals surface area contributed by atoms with E-state index < -0.39 is 5.97 Å². The molecule has 138 valence electrons. The van der Waals surface area contributed by atoms with Crippen LogP contribution >= 0.6 is 0 Å². The Labute approximate surface area is 163 Å². The fourth-order valence-corrected chi connectivity index (χ4v) is 2.89. The molecule has 4 heteroatoms. The van der Waals surface area contributed by atoms with Crippen LogP contribution in [0.5, 0.6) is 5.75 Å². The van der Waals surface area contributed by atoms with E-state index in [1.807, 2.05) is 54.6 Å². The number of carbonyl (C=O) groups excluding carboxylic acids is 1. The van der Waals surface area contributed by atoms with Crippen LogP contribution in [0.15, 0.2) is 89.6 Å². The first kappa shape index (κ1) is 17.7. The lowest BCUT2D eigenvalue weighted by atomic mass is 10.0. The summed E-state index contributed by atoms with van der Waals surface area (Å²) in [5, 5.41) is 3.93. The van der Waals surface area contributed by atoms with Crippen molar-refractivity contribution < 1.29 is 14.4 Å². The van der Waals surface area contributed by atoms with E-state index in [0.29, 0.717) is 17.9 Å². The predicted octanol–water partition coefficient (Wildman–Crippen LogP) is 4.92. The molecule has 0 aliphatic carbocycles. The van der Waals surface area contributed by atoms with Gasteiger partial charge in [0, 0.05) is 5.56 Å². The van der Waals surface area contributed by atoms with Crippen LogP contribution in [0, 0.1) is 6.92 Å². The Balaban J connectivity index is 1.48. The maximum atomic E-state index is 12.1. The van der Waals surface area contributed by atoms with Crippen LogP contribution in [0.2, 0.25) is 0 Å². The van der Waals surface area contributed by atoms with E-state index >= 15 is 0 Å². The predicted molar refractivity (Wildman–Crippen MR) is 109 cm³/mol. The molecule has 0 atom stereocenters. The number of benzene rings is 3. The van der Waals surface area contributed by atoms with Crippen molar-refractivity contribution in [2.24, 2.45) is 5.16 Å². The molecule has 0 N–H and O–H groups in total. The van der Waals surface area contributed by atoms with Gasteiger partial charge in [-0.25, -0.2) is 4.79 Å². The van der Waals surface area contributed by atoms with E-state index in [0.717, 1.165) is 22.4 Å². The zero-order valence-corrected chi connectivity index (χ0v) is 15.5. The number of hydrogen-bond acceptors (Lipinski definition) is 4. The summed E-state index contributed by atoms with van der Waals surface area (Å²) in [5.74, 6) is 0.326. The van der Waals surface area contributed by atoms with Gasteiger partial charge in [0.05, 0.1) is 5.57 Å². The van der Waals surface area contributed by atoms with Gasteiger partial charge in [0.1, 0.15) is 18.1 Å². The number of aryl methyl sites for hydroxylation is 1. The minimum atomic E-state index is -0.446. The highest BCUT2D eigenvalue weighted by Crippen LogP contribution is 2.22. The molecule has 4 nitrogen and oxygen atoms in total. The van der Waals surface area contributed by atoms with Crippen molar-refractivity contribution >= 4 is 17.8 Å². The molecule has 0 spiro atoms. The highest BCUT2D eigenvalue weighted by molar-refractivity contribution is 6.31. The van der Waals surface area contributed by atoms with Gasteiger partial charge in [-0.2, -0.15) is 0 Å². The van der Waals surface area contributed by atoms with Crippen molar-refractivity contribution in [1.29, 1.82) is 0 Å².